The van der Waals surface area contributed by atoms with Gasteiger partial charge in [-0.25, -0.2) is 4.98 Å². The molecule has 0 bridgehead atoms. The van der Waals surface area contributed by atoms with E-state index in [1.807, 2.05) is 68.7 Å². The number of H-pyrrole nitrogens is 1. The third kappa shape index (κ3) is 8.12. The molecule has 1 aliphatic rings. The molecule has 2 amide bonds. The number of phenolic OH excluding ortho intramolecular Hbond substituents is 1. The number of para-hydroxylation sites is 1. The number of likely N-dealkylation sites (tertiary alicyclic amines) is 1. The summed E-state index contributed by atoms with van der Waals surface area (Å²) in [6, 6.07) is 19.6. The molecule has 6 aromatic rings. The van der Waals surface area contributed by atoms with Crippen molar-refractivity contribution in [3.63, 3.8) is 0 Å². The summed E-state index contributed by atoms with van der Waals surface area (Å²) in [5, 5.41) is 40.4. The molecule has 0 radical (unpaired) electrons. The highest BCUT2D eigenvalue weighted by Gasteiger charge is 2.43. The lowest BCUT2D eigenvalue weighted by Crippen LogP contribution is -2.48. The van der Waals surface area contributed by atoms with E-state index in [4.69, 9.17) is 9.26 Å². The Morgan fingerprint density at radius 1 is 1.09 bits per heavy atom. The number of fused-ring (bicyclic) bond motifs is 1. The van der Waals surface area contributed by atoms with Gasteiger partial charge in [0.2, 0.25) is 11.8 Å². The van der Waals surface area contributed by atoms with Crippen LogP contribution in [-0.2, 0) is 22.7 Å². The maximum Gasteiger partial charge on any atom is 0.254 e. The number of hydrogen-bond donors (Lipinski definition) is 5. The number of aliphatic hydroxyl groups excluding tert-OH is 1. The normalized spacial score (nSPS) is 16.3. The molecule has 3 atom stereocenters. The number of benzene rings is 2. The van der Waals surface area contributed by atoms with E-state index in [1.165, 1.54) is 4.90 Å². The monoisotopic (exact) mass is 750 g/mol. The number of amides is 2. The summed E-state index contributed by atoms with van der Waals surface area (Å²) in [7, 11) is 0. The topological polar surface area (TPSA) is 192 Å². The van der Waals surface area contributed by atoms with Crippen molar-refractivity contribution in [1.29, 1.82) is 0 Å². The molecule has 15 heteroatoms. The van der Waals surface area contributed by atoms with Crippen molar-refractivity contribution in [3.05, 3.63) is 95.0 Å². The molecule has 0 spiro atoms. The molecule has 4 aromatic heterocycles. The van der Waals surface area contributed by atoms with E-state index in [1.54, 1.807) is 35.6 Å². The number of aromatic nitrogens is 5. The van der Waals surface area contributed by atoms with Crippen molar-refractivity contribution < 1.29 is 29.1 Å². The Morgan fingerprint density at radius 3 is 2.67 bits per heavy atom. The first-order chi connectivity index (χ1) is 26.1. The molecule has 1 saturated heterocycles. The summed E-state index contributed by atoms with van der Waals surface area (Å²) in [5.74, 6) is -0.827. The molecule has 14 nitrogen and oxygen atoms in total. The Balaban J connectivity index is 0.908. The molecule has 5 N–H and O–H groups in total. The largest absolute Gasteiger partial charge is 0.507 e. The van der Waals surface area contributed by atoms with Gasteiger partial charge in [-0.3, -0.25) is 9.59 Å². The summed E-state index contributed by atoms with van der Waals surface area (Å²) >= 11 is 1.58. The number of ether oxygens (including phenoxy) is 1. The van der Waals surface area contributed by atoms with Crippen LogP contribution in [0.25, 0.3) is 32.7 Å². The molecule has 5 heterocycles. The van der Waals surface area contributed by atoms with E-state index in [2.05, 4.69) is 36.0 Å². The van der Waals surface area contributed by atoms with Crippen molar-refractivity contribution >= 4 is 34.2 Å². The number of aliphatic hydroxyl groups is 1. The van der Waals surface area contributed by atoms with Crippen LogP contribution in [0, 0.1) is 12.8 Å². The van der Waals surface area contributed by atoms with Crippen molar-refractivity contribution in [3.8, 4) is 33.3 Å². The molecule has 0 unspecified atom stereocenters. The highest BCUT2D eigenvalue weighted by molar-refractivity contribution is 7.13. The zero-order valence-electron chi connectivity index (χ0n) is 30.2. The Kier molecular flexibility index (Phi) is 11.0. The molecule has 7 rings (SSSR count). The van der Waals surface area contributed by atoms with Crippen molar-refractivity contribution in [2.24, 2.45) is 5.92 Å². The second-order valence-electron chi connectivity index (χ2n) is 13.7. The molecule has 0 saturated carbocycles. The highest BCUT2D eigenvalue weighted by Crippen LogP contribution is 2.33. The molecular weight excluding hydrogens is 709 g/mol. The van der Waals surface area contributed by atoms with Gasteiger partial charge in [0.1, 0.15) is 24.3 Å². The van der Waals surface area contributed by atoms with Crippen LogP contribution < -0.4 is 15.4 Å². The lowest BCUT2D eigenvalue weighted by atomic mass is 9.91. The van der Waals surface area contributed by atoms with E-state index >= 15 is 0 Å². The average molecular weight is 751 g/mol. The Hall–Kier alpha value is -5.64. The second-order valence-corrected chi connectivity index (χ2v) is 14.6. The fourth-order valence-corrected chi connectivity index (χ4v) is 7.54. The number of phenols is 1. The fourth-order valence-electron chi connectivity index (χ4n) is 6.72. The third-order valence-electron chi connectivity index (χ3n) is 9.50. The van der Waals surface area contributed by atoms with E-state index < -0.39 is 18.1 Å². The molecule has 0 aliphatic carbocycles. The fraction of sp³-hybridized carbons (Fsp3) is 0.333. The number of carbonyl (C=O) groups excluding carboxylic acids is 2. The standard InChI is InChI=1S/C39H42N8O6S/c1-22(2)35(39(51)47-20-28(48)16-31(47)38(50)41-18-24-8-10-25(11-9-24)36-23(3)42-21-54-36)33-17-34(46-53-33)52-13-12-40-19-27-14-26-15-30(44-45-37(26)43-27)29-6-4-5-7-32(29)49/h4-11,14-15,17,21-22,28,31,35,40,48-49H,12-13,16,18-20H2,1-3H3,(H,41,50)(H,43,45)/t28-,31+,35-/m1/s1. The van der Waals surface area contributed by atoms with Crippen LogP contribution in [0.2, 0.25) is 0 Å². The van der Waals surface area contributed by atoms with Crippen LogP contribution in [0.1, 0.15) is 48.9 Å². The zero-order chi connectivity index (χ0) is 37.8. The zero-order valence-corrected chi connectivity index (χ0v) is 31.0. The van der Waals surface area contributed by atoms with Crippen LogP contribution in [-0.4, -0.2) is 84.1 Å². The van der Waals surface area contributed by atoms with Gasteiger partial charge in [0.05, 0.1) is 27.9 Å². The Morgan fingerprint density at radius 2 is 1.91 bits per heavy atom. The Labute approximate surface area is 315 Å². The summed E-state index contributed by atoms with van der Waals surface area (Å²) in [5.41, 5.74) is 7.54. The van der Waals surface area contributed by atoms with Gasteiger partial charge in [0.15, 0.2) is 11.4 Å². The van der Waals surface area contributed by atoms with Crippen molar-refractivity contribution in [2.45, 2.75) is 58.3 Å². The average Bonchev–Trinajstić information content (AvgIpc) is 3.98. The molecule has 1 aliphatic heterocycles. The smallest absolute Gasteiger partial charge is 0.254 e. The first-order valence-electron chi connectivity index (χ1n) is 17.8. The van der Waals surface area contributed by atoms with Crippen molar-refractivity contribution in [1.82, 2.24) is 40.9 Å². The molecule has 54 heavy (non-hydrogen) atoms. The number of nitrogens with zero attached hydrogens (tertiary/aromatic N) is 5. The number of nitrogens with one attached hydrogen (secondary N) is 3. The van der Waals surface area contributed by atoms with E-state index in [0.717, 1.165) is 32.8 Å². The number of rotatable bonds is 14. The van der Waals surface area contributed by atoms with Gasteiger partial charge >= 0.3 is 0 Å². The predicted molar refractivity (Wildman–Crippen MR) is 203 cm³/mol. The number of aryl methyl sites for hydroxylation is 1. The van der Waals surface area contributed by atoms with Gasteiger partial charge in [-0.15, -0.1) is 21.5 Å². The van der Waals surface area contributed by atoms with Crippen molar-refractivity contribution in [2.75, 3.05) is 19.7 Å². The van der Waals surface area contributed by atoms with E-state index in [-0.39, 0.29) is 48.9 Å². The summed E-state index contributed by atoms with van der Waals surface area (Å²) in [6.45, 7) is 7.42. The van der Waals surface area contributed by atoms with Crippen LogP contribution >= 0.6 is 11.3 Å². The van der Waals surface area contributed by atoms with Gasteiger partial charge in [0.25, 0.3) is 5.88 Å². The highest BCUT2D eigenvalue weighted by atomic mass is 32.1. The quantitative estimate of drug-likeness (QED) is 0.0949. The number of β-amino-alcohol motifs (C(OH)–C–C–N with tert-alkyl or cyclic N) is 1. The molecule has 1 fully saturated rings. The maximum absolute atomic E-state index is 14.0. The summed E-state index contributed by atoms with van der Waals surface area (Å²) in [4.78, 5) is 37.5. The minimum Gasteiger partial charge on any atom is -0.507 e. The van der Waals surface area contributed by atoms with Crippen LogP contribution in [0.4, 0.5) is 0 Å². The Bertz CT molecular complexity index is 2230. The predicted octanol–water partition coefficient (Wildman–Crippen LogP) is 4.94. The molecule has 280 valence electrons. The minimum absolute atomic E-state index is 0.0485. The summed E-state index contributed by atoms with van der Waals surface area (Å²) in [6.07, 6.45) is -0.673. The van der Waals surface area contributed by atoms with Crippen LogP contribution in [0.5, 0.6) is 11.6 Å². The number of aromatic amines is 1. The van der Waals surface area contributed by atoms with E-state index in [9.17, 15) is 19.8 Å². The second kappa shape index (κ2) is 16.2. The van der Waals surface area contributed by atoms with Gasteiger partial charge in [-0.05, 0) is 53.4 Å². The summed E-state index contributed by atoms with van der Waals surface area (Å²) < 4.78 is 11.4. The maximum atomic E-state index is 14.0. The van der Waals surface area contributed by atoms with Gasteiger partial charge < -0.3 is 40.0 Å². The number of hydrogen-bond acceptors (Lipinski definition) is 12. The molecular formula is C39H42N8O6S. The van der Waals surface area contributed by atoms with E-state index in [0.29, 0.717) is 42.3 Å². The first kappa shape index (κ1) is 36.7. The van der Waals surface area contributed by atoms with Crippen LogP contribution in [0.3, 0.4) is 0 Å². The van der Waals surface area contributed by atoms with Gasteiger partial charge in [-0.2, -0.15) is 0 Å². The molecule has 2 aromatic carbocycles. The lowest BCUT2D eigenvalue weighted by Gasteiger charge is -2.28. The first-order valence-corrected chi connectivity index (χ1v) is 18.7. The van der Waals surface area contributed by atoms with Gasteiger partial charge in [0, 0.05) is 55.3 Å². The minimum atomic E-state index is -0.820. The number of carbonyl (C=O) groups is 2. The number of aromatic hydroxyl groups is 1. The van der Waals surface area contributed by atoms with Gasteiger partial charge in [-0.1, -0.05) is 50.2 Å². The lowest BCUT2D eigenvalue weighted by molar-refractivity contribution is -0.141. The third-order valence-corrected chi connectivity index (χ3v) is 10.5. The SMILES string of the molecule is Cc1ncsc1-c1ccc(CNC(=O)[C@@H]2C[C@@H](O)CN2C(=O)[C@@H](c2cc(OCCNCc3cc4cc(-c5ccccc5O)nnc4[nH]3)no2)C(C)C)cc1. The number of thiazole rings is 1. The van der Waals surface area contributed by atoms with Crippen LogP contribution in [0.15, 0.2) is 76.8 Å².